The Kier molecular flexibility index (Phi) is 17.4. The van der Waals surface area contributed by atoms with Crippen LogP contribution in [0.3, 0.4) is 0 Å². The minimum Gasteiger partial charge on any atom is -0.481 e. The number of hydrogen-bond acceptors (Lipinski definition) is 3. The van der Waals surface area contributed by atoms with Crippen LogP contribution in [0.25, 0.3) is 0 Å². The number of carbonyl (C=O) groups is 1. The number of carboxylic acids is 1. The van der Waals surface area contributed by atoms with Crippen molar-refractivity contribution in [2.45, 2.75) is 83.2 Å². The summed E-state index contributed by atoms with van der Waals surface area (Å²) in [4.78, 5) is 28.7. The van der Waals surface area contributed by atoms with Crippen LogP contribution in [0.4, 0.5) is 0 Å². The van der Waals surface area contributed by atoms with E-state index in [0.717, 1.165) is 38.5 Å². The normalized spacial score (nSPS) is 13.2. The molecule has 25 heavy (non-hydrogen) atoms. The van der Waals surface area contributed by atoms with Crippen LogP contribution in [0, 0.1) is 0 Å². The summed E-state index contributed by atoms with van der Waals surface area (Å²) in [5.41, 5.74) is -1.55. The fourth-order valence-electron chi connectivity index (χ4n) is 2.41. The molecule has 0 aliphatic rings. The van der Waals surface area contributed by atoms with Crippen LogP contribution in [-0.4, -0.2) is 26.5 Å². The van der Waals surface area contributed by atoms with Crippen LogP contribution in [-0.2, 0) is 9.36 Å². The van der Waals surface area contributed by atoms with Gasteiger partial charge in [0, 0.05) is 0 Å². The van der Waals surface area contributed by atoms with Gasteiger partial charge in [-0.2, -0.15) is 0 Å². The number of carboxylic acid groups (broad SMARTS) is 1. The second-order valence-electron chi connectivity index (χ2n) is 6.11. The number of hydrogen-bond donors (Lipinski definition) is 4. The van der Waals surface area contributed by atoms with E-state index in [9.17, 15) is 9.36 Å². The Labute approximate surface area is 152 Å². The highest BCUT2D eigenvalue weighted by Crippen LogP contribution is 2.43. The molecule has 1 unspecified atom stereocenters. The van der Waals surface area contributed by atoms with Crippen molar-refractivity contribution in [1.29, 1.82) is 0 Å². The van der Waals surface area contributed by atoms with E-state index in [0.29, 0.717) is 6.42 Å². The molecule has 6 N–H and O–H groups in total. The maximum Gasteiger partial charge on any atom is 0.339 e. The molecule has 0 heterocycles. The van der Waals surface area contributed by atoms with E-state index < -0.39 is 19.2 Å². The largest absolute Gasteiger partial charge is 0.481 e. The Morgan fingerprint density at radius 1 is 0.920 bits per heavy atom. The van der Waals surface area contributed by atoms with Gasteiger partial charge >= 0.3 is 13.6 Å². The second kappa shape index (κ2) is 16.5. The Morgan fingerprint density at radius 3 is 1.92 bits per heavy atom. The second-order valence-corrected chi connectivity index (χ2v) is 7.91. The van der Waals surface area contributed by atoms with Gasteiger partial charge in [-0.3, -0.25) is 9.36 Å². The predicted octanol–water partition coefficient (Wildman–Crippen LogP) is 5.20. The van der Waals surface area contributed by atoms with Gasteiger partial charge in [-0.05, 0) is 38.5 Å². The van der Waals surface area contributed by atoms with Gasteiger partial charge in [0.15, 0.2) is 5.66 Å². The quantitative estimate of drug-likeness (QED) is 0.176. The van der Waals surface area contributed by atoms with E-state index in [4.69, 9.17) is 14.9 Å². The molecule has 0 aliphatic carbocycles. The van der Waals surface area contributed by atoms with Crippen molar-refractivity contribution in [2.24, 2.45) is 0 Å². The van der Waals surface area contributed by atoms with E-state index in [1.165, 1.54) is 19.3 Å². The molecule has 6 nitrogen and oxygen atoms in total. The molecule has 0 saturated carbocycles. The maximum atomic E-state index is 11.0. The van der Waals surface area contributed by atoms with Crippen LogP contribution in [0.1, 0.15) is 77.6 Å². The van der Waals surface area contributed by atoms with E-state index in [1.54, 1.807) is 0 Å². The van der Waals surface area contributed by atoms with Crippen LogP contribution in [0.5, 0.6) is 0 Å². The summed E-state index contributed by atoms with van der Waals surface area (Å²) < 4.78 is 11.0. The summed E-state index contributed by atoms with van der Waals surface area (Å²) in [5, 5.41) is 8.81. The maximum absolute atomic E-state index is 11.0. The Bertz CT molecular complexity index is 431. The Balaban J connectivity index is 0. The van der Waals surface area contributed by atoms with Crippen molar-refractivity contribution in [1.82, 2.24) is 6.15 Å². The molecule has 0 aromatic heterocycles. The van der Waals surface area contributed by atoms with Gasteiger partial charge in [-0.15, -0.1) is 0 Å². The molecule has 7 heteroatoms. The molecule has 0 bridgehead atoms. The first-order valence-corrected chi connectivity index (χ1v) is 10.7. The Hall–Kier alpha value is -0.940. The zero-order valence-electron chi connectivity index (χ0n) is 15.5. The van der Waals surface area contributed by atoms with Crippen molar-refractivity contribution < 1.29 is 24.3 Å². The summed E-state index contributed by atoms with van der Waals surface area (Å²) >= 11 is 0. The minimum atomic E-state index is -4.54. The monoisotopic (exact) mass is 377 g/mol. The summed E-state index contributed by atoms with van der Waals surface area (Å²) in [6.07, 6.45) is 19.0. The lowest BCUT2D eigenvalue weighted by Crippen LogP contribution is -2.20. The van der Waals surface area contributed by atoms with Gasteiger partial charge in [-0.25, -0.2) is 0 Å². The van der Waals surface area contributed by atoms with Gasteiger partial charge in [0.25, 0.3) is 0 Å². The zero-order valence-corrected chi connectivity index (χ0v) is 16.4. The van der Waals surface area contributed by atoms with Crippen LogP contribution in [0.2, 0.25) is 0 Å². The molecule has 0 aromatic carbocycles. The first-order chi connectivity index (χ1) is 11.4. The fraction of sp³-hybridized carbons (Fsp3) is 0.722. The predicted molar refractivity (Wildman–Crippen MR) is 103 cm³/mol. The van der Waals surface area contributed by atoms with Gasteiger partial charge in [0.05, 0.1) is 0 Å². The first-order valence-electron chi connectivity index (χ1n) is 8.97. The Morgan fingerprint density at radius 2 is 1.44 bits per heavy atom. The highest BCUT2D eigenvalue weighted by Gasteiger charge is 2.34. The SMILES string of the molecule is CCCCC/C=C\C/C=C\CCCCCCC(C(=O)O)P(=O)(O)O.N. The van der Waals surface area contributed by atoms with Crippen LogP contribution in [0.15, 0.2) is 24.3 Å². The fourth-order valence-corrected chi connectivity index (χ4v) is 3.21. The van der Waals surface area contributed by atoms with Crippen LogP contribution < -0.4 is 6.15 Å². The average Bonchev–Trinajstić information content (AvgIpc) is 2.49. The molecule has 0 amide bonds. The topological polar surface area (TPSA) is 130 Å². The molecule has 0 radical (unpaired) electrons. The number of aliphatic carboxylic acids is 1. The summed E-state index contributed by atoms with van der Waals surface area (Å²) in [6, 6.07) is 0. The number of allylic oxidation sites excluding steroid dienone is 4. The molecule has 0 spiro atoms. The number of rotatable bonds is 15. The first kappa shape index (κ1) is 26.3. The van der Waals surface area contributed by atoms with Crippen molar-refractivity contribution in [3.63, 3.8) is 0 Å². The van der Waals surface area contributed by atoms with E-state index in [-0.39, 0.29) is 12.6 Å². The number of unbranched alkanes of at least 4 members (excludes halogenated alkanes) is 7. The third-order valence-corrected chi connectivity index (χ3v) is 5.16. The third kappa shape index (κ3) is 16.3. The lowest BCUT2D eigenvalue weighted by atomic mass is 10.1. The van der Waals surface area contributed by atoms with Crippen molar-refractivity contribution in [2.75, 3.05) is 0 Å². The highest BCUT2D eigenvalue weighted by atomic mass is 31.2. The highest BCUT2D eigenvalue weighted by molar-refractivity contribution is 7.53. The molecule has 1 atom stereocenters. The molecular formula is C18H36NO5P. The van der Waals surface area contributed by atoms with E-state index >= 15 is 0 Å². The van der Waals surface area contributed by atoms with Crippen molar-refractivity contribution in [3.05, 3.63) is 24.3 Å². The van der Waals surface area contributed by atoms with Crippen LogP contribution >= 0.6 is 7.60 Å². The molecule has 148 valence electrons. The molecule has 0 rings (SSSR count). The summed E-state index contributed by atoms with van der Waals surface area (Å²) in [7, 11) is -4.54. The van der Waals surface area contributed by atoms with E-state index in [2.05, 4.69) is 31.2 Å². The van der Waals surface area contributed by atoms with Crippen molar-refractivity contribution in [3.8, 4) is 0 Å². The molecule has 0 saturated heterocycles. The van der Waals surface area contributed by atoms with Gasteiger partial charge in [-0.1, -0.05) is 63.3 Å². The minimum absolute atomic E-state index is 0. The lowest BCUT2D eigenvalue weighted by Gasteiger charge is -2.13. The van der Waals surface area contributed by atoms with Gasteiger partial charge in [0.1, 0.15) is 0 Å². The van der Waals surface area contributed by atoms with Gasteiger partial charge < -0.3 is 21.0 Å². The standard InChI is InChI=1S/C18H33O5P.H3N/c1-2-3-4-5-6-7-8-9-10-11-12-13-14-15-16-17(18(19)20)24(21,22)23;/h6-7,9-10,17H,2-5,8,11-16H2,1H3,(H,19,20)(H2,21,22,23);1H3/b7-6-,10-9-;. The third-order valence-electron chi connectivity index (χ3n) is 3.87. The average molecular weight is 377 g/mol. The molecule has 0 aliphatic heterocycles. The smallest absolute Gasteiger partial charge is 0.339 e. The van der Waals surface area contributed by atoms with Crippen molar-refractivity contribution >= 4 is 13.6 Å². The summed E-state index contributed by atoms with van der Waals surface area (Å²) in [5.74, 6) is -1.41. The lowest BCUT2D eigenvalue weighted by molar-refractivity contribution is -0.137. The van der Waals surface area contributed by atoms with E-state index in [1.807, 2.05) is 0 Å². The molecule has 0 fully saturated rings. The molecular weight excluding hydrogens is 341 g/mol. The molecule has 0 aromatic rings. The summed E-state index contributed by atoms with van der Waals surface area (Å²) in [6.45, 7) is 2.20. The zero-order chi connectivity index (χ0) is 18.3. The van der Waals surface area contributed by atoms with Gasteiger partial charge in [0.2, 0.25) is 0 Å².